The molecule has 150 valence electrons. The molecule has 5 heteroatoms. The van der Waals surface area contributed by atoms with Crippen molar-refractivity contribution in [2.45, 2.75) is 57.2 Å². The number of halogens is 2. The van der Waals surface area contributed by atoms with Crippen molar-refractivity contribution in [3.05, 3.63) is 54.6 Å². The lowest BCUT2D eigenvalue weighted by Gasteiger charge is -2.20. The van der Waals surface area contributed by atoms with E-state index in [9.17, 15) is 19.0 Å². The summed E-state index contributed by atoms with van der Waals surface area (Å²) < 4.78 is 33.4. The summed E-state index contributed by atoms with van der Waals surface area (Å²) in [6, 6.07) is 8.47. The minimum absolute atomic E-state index is 0.217. The van der Waals surface area contributed by atoms with Gasteiger partial charge in [0.05, 0.1) is 12.2 Å². The molecule has 0 aromatic heterocycles. The summed E-state index contributed by atoms with van der Waals surface area (Å²) in [6.45, 7) is 1.36. The number of hydrogen-bond donors (Lipinski definition) is 2. The summed E-state index contributed by atoms with van der Waals surface area (Å²) in [4.78, 5) is 0. The monoisotopic (exact) mass is 380 g/mol. The maximum Gasteiger partial charge on any atom is 0.299 e. The van der Waals surface area contributed by atoms with E-state index in [0.717, 1.165) is 25.3 Å². The van der Waals surface area contributed by atoms with E-state index in [1.165, 1.54) is 6.08 Å². The van der Waals surface area contributed by atoms with E-state index < -0.39 is 30.7 Å². The SMILES string of the molecule is CCCC/C=C\C[C@@H]1[C@@H](/C=C/C(F)(F)COc2ccccc2)[C@H](O)C[C@@H]1O. The molecule has 4 atom stereocenters. The summed E-state index contributed by atoms with van der Waals surface area (Å²) in [5, 5.41) is 20.3. The molecule has 2 rings (SSSR count). The Morgan fingerprint density at radius 3 is 2.59 bits per heavy atom. The third kappa shape index (κ3) is 7.07. The maximum absolute atomic E-state index is 14.1. The Labute approximate surface area is 160 Å². The molecular weight excluding hydrogens is 350 g/mol. The lowest BCUT2D eigenvalue weighted by molar-refractivity contribution is 0.00404. The zero-order valence-corrected chi connectivity index (χ0v) is 15.8. The van der Waals surface area contributed by atoms with Crippen molar-refractivity contribution in [1.82, 2.24) is 0 Å². The first kappa shape index (κ1) is 21.6. The van der Waals surface area contributed by atoms with Crippen LogP contribution in [-0.2, 0) is 0 Å². The number of hydrogen-bond acceptors (Lipinski definition) is 3. The molecule has 1 aromatic carbocycles. The molecule has 0 saturated heterocycles. The zero-order chi connectivity index (χ0) is 19.7. The third-order valence-electron chi connectivity index (χ3n) is 4.95. The molecule has 1 fully saturated rings. The van der Waals surface area contributed by atoms with Gasteiger partial charge in [-0.25, -0.2) is 0 Å². The second-order valence-electron chi connectivity index (χ2n) is 7.18. The van der Waals surface area contributed by atoms with E-state index >= 15 is 0 Å². The predicted octanol–water partition coefficient (Wildman–Crippen LogP) is 4.75. The van der Waals surface area contributed by atoms with E-state index in [4.69, 9.17) is 4.74 Å². The smallest absolute Gasteiger partial charge is 0.299 e. The van der Waals surface area contributed by atoms with Gasteiger partial charge >= 0.3 is 0 Å². The molecular formula is C22H30F2O3. The van der Waals surface area contributed by atoms with Crippen molar-refractivity contribution in [1.29, 1.82) is 0 Å². The van der Waals surface area contributed by atoms with Crippen LogP contribution in [0.4, 0.5) is 8.78 Å². The number of ether oxygens (including phenoxy) is 1. The Morgan fingerprint density at radius 1 is 1.15 bits per heavy atom. The second-order valence-corrected chi connectivity index (χ2v) is 7.18. The standard InChI is InChI=1S/C22H30F2O3/c1-2-3-4-5-9-12-18-19(21(26)15-20(18)25)13-14-22(23,24)16-27-17-10-7-6-8-11-17/h5-11,13-14,18-21,25-26H,2-4,12,15-16H2,1H3/b9-5-,14-13+/t18-,19-,20+,21-/m1/s1. The first-order chi connectivity index (χ1) is 12.9. The molecule has 2 N–H and O–H groups in total. The molecule has 1 saturated carbocycles. The van der Waals surface area contributed by atoms with Crippen molar-refractivity contribution < 1.29 is 23.7 Å². The Hall–Kier alpha value is -1.72. The van der Waals surface area contributed by atoms with Crippen molar-refractivity contribution in [2.24, 2.45) is 11.8 Å². The number of aliphatic hydroxyl groups is 2. The molecule has 1 aliphatic rings. The normalized spacial score (nSPS) is 26.3. The Balaban J connectivity index is 1.93. The number of unbranched alkanes of at least 4 members (excludes halogenated alkanes) is 2. The number of rotatable bonds is 10. The highest BCUT2D eigenvalue weighted by Gasteiger charge is 2.40. The van der Waals surface area contributed by atoms with Crippen LogP contribution in [0.1, 0.15) is 39.0 Å². The molecule has 0 heterocycles. The first-order valence-electron chi connectivity index (χ1n) is 9.69. The van der Waals surface area contributed by atoms with Crippen LogP contribution >= 0.6 is 0 Å². The molecule has 27 heavy (non-hydrogen) atoms. The van der Waals surface area contributed by atoms with E-state index in [1.54, 1.807) is 30.3 Å². The molecule has 0 amide bonds. The van der Waals surface area contributed by atoms with Gasteiger partial charge in [0.1, 0.15) is 5.75 Å². The van der Waals surface area contributed by atoms with Crippen LogP contribution in [0.5, 0.6) is 5.75 Å². The Bertz CT molecular complexity index is 601. The molecule has 0 unspecified atom stereocenters. The van der Waals surface area contributed by atoms with Gasteiger partial charge < -0.3 is 14.9 Å². The van der Waals surface area contributed by atoms with E-state index in [1.807, 2.05) is 6.08 Å². The van der Waals surface area contributed by atoms with Crippen LogP contribution in [0.15, 0.2) is 54.6 Å². The van der Waals surface area contributed by atoms with E-state index in [-0.39, 0.29) is 12.3 Å². The van der Waals surface area contributed by atoms with Gasteiger partial charge in [-0.3, -0.25) is 0 Å². The predicted molar refractivity (Wildman–Crippen MR) is 103 cm³/mol. The van der Waals surface area contributed by atoms with Crippen LogP contribution in [0.2, 0.25) is 0 Å². The van der Waals surface area contributed by atoms with E-state index in [2.05, 4.69) is 13.0 Å². The highest BCUT2D eigenvalue weighted by Crippen LogP contribution is 2.37. The van der Waals surface area contributed by atoms with Crippen molar-refractivity contribution >= 4 is 0 Å². The second kappa shape index (κ2) is 10.6. The summed E-state index contributed by atoms with van der Waals surface area (Å²) in [5.41, 5.74) is 0. The Morgan fingerprint density at radius 2 is 1.89 bits per heavy atom. The van der Waals surface area contributed by atoms with Crippen LogP contribution in [0.3, 0.4) is 0 Å². The number of allylic oxidation sites excluding steroid dienone is 2. The topological polar surface area (TPSA) is 49.7 Å². The average molecular weight is 380 g/mol. The van der Waals surface area contributed by atoms with Gasteiger partial charge in [-0.2, -0.15) is 8.78 Å². The highest BCUT2D eigenvalue weighted by molar-refractivity contribution is 5.21. The summed E-state index contributed by atoms with van der Waals surface area (Å²) in [7, 11) is 0. The fourth-order valence-electron chi connectivity index (χ4n) is 3.40. The van der Waals surface area contributed by atoms with Crippen molar-refractivity contribution in [2.75, 3.05) is 6.61 Å². The van der Waals surface area contributed by atoms with Gasteiger partial charge in [0, 0.05) is 12.3 Å². The largest absolute Gasteiger partial charge is 0.487 e. The molecule has 0 spiro atoms. The van der Waals surface area contributed by atoms with Crippen LogP contribution in [0, 0.1) is 11.8 Å². The lowest BCUT2D eigenvalue weighted by Crippen LogP contribution is -2.25. The molecule has 0 aliphatic heterocycles. The fourth-order valence-corrected chi connectivity index (χ4v) is 3.40. The van der Waals surface area contributed by atoms with E-state index in [0.29, 0.717) is 12.2 Å². The van der Waals surface area contributed by atoms with Gasteiger partial charge in [-0.1, -0.05) is 56.2 Å². The number of aliphatic hydroxyl groups excluding tert-OH is 2. The van der Waals surface area contributed by atoms with Crippen LogP contribution in [0.25, 0.3) is 0 Å². The first-order valence-corrected chi connectivity index (χ1v) is 9.69. The molecule has 3 nitrogen and oxygen atoms in total. The molecule has 1 aliphatic carbocycles. The number of alkyl halides is 2. The van der Waals surface area contributed by atoms with Gasteiger partial charge in [0.25, 0.3) is 5.92 Å². The fraction of sp³-hybridized carbons (Fsp3) is 0.545. The van der Waals surface area contributed by atoms with Gasteiger partial charge in [0.2, 0.25) is 0 Å². The number of benzene rings is 1. The molecule has 0 bridgehead atoms. The lowest BCUT2D eigenvalue weighted by atomic mass is 9.89. The number of para-hydroxylation sites is 1. The zero-order valence-electron chi connectivity index (χ0n) is 15.8. The van der Waals surface area contributed by atoms with Gasteiger partial charge in [-0.15, -0.1) is 0 Å². The average Bonchev–Trinajstić information content (AvgIpc) is 2.92. The quantitative estimate of drug-likeness (QED) is 0.455. The van der Waals surface area contributed by atoms with Crippen LogP contribution in [-0.4, -0.2) is 35.0 Å². The molecule has 0 radical (unpaired) electrons. The van der Waals surface area contributed by atoms with Crippen molar-refractivity contribution in [3.63, 3.8) is 0 Å². The minimum atomic E-state index is -3.15. The Kier molecular flexibility index (Phi) is 8.45. The van der Waals surface area contributed by atoms with Gasteiger partial charge in [0.15, 0.2) is 6.61 Å². The minimum Gasteiger partial charge on any atom is -0.487 e. The van der Waals surface area contributed by atoms with Gasteiger partial charge in [-0.05, 0) is 37.0 Å². The van der Waals surface area contributed by atoms with Crippen molar-refractivity contribution in [3.8, 4) is 5.75 Å². The maximum atomic E-state index is 14.1. The summed E-state index contributed by atoms with van der Waals surface area (Å²) in [6.07, 6.45) is 8.67. The summed E-state index contributed by atoms with van der Waals surface area (Å²) >= 11 is 0. The third-order valence-corrected chi connectivity index (χ3v) is 4.95. The van der Waals surface area contributed by atoms with Crippen LogP contribution < -0.4 is 4.74 Å². The molecule has 1 aromatic rings. The summed E-state index contributed by atoms with van der Waals surface area (Å²) in [5.74, 6) is -3.50. The highest BCUT2D eigenvalue weighted by atomic mass is 19.3.